The average molecular weight is 281 g/mol. The highest BCUT2D eigenvalue weighted by molar-refractivity contribution is 5.86. The van der Waals surface area contributed by atoms with E-state index in [9.17, 15) is 9.90 Å². The molecule has 2 rings (SSSR count). The van der Waals surface area contributed by atoms with E-state index in [1.54, 1.807) is 6.07 Å². The highest BCUT2D eigenvalue weighted by Gasteiger charge is 2.32. The van der Waals surface area contributed by atoms with Gasteiger partial charge in [-0.15, -0.1) is 0 Å². The number of aliphatic hydroxyl groups is 1. The number of carbonyl (C=O) groups is 1. The maximum atomic E-state index is 10.9. The Morgan fingerprint density at radius 3 is 2.80 bits per heavy atom. The van der Waals surface area contributed by atoms with Crippen molar-refractivity contribution < 1.29 is 19.4 Å². The highest BCUT2D eigenvalue weighted by atomic mass is 16.4. The Labute approximate surface area is 119 Å². The largest absolute Gasteiger partial charge is 0.475 e. The van der Waals surface area contributed by atoms with Crippen molar-refractivity contribution in [3.05, 3.63) is 23.7 Å². The van der Waals surface area contributed by atoms with Crippen LogP contribution in [0.15, 0.2) is 16.7 Å². The molecule has 3 N–H and O–H groups in total. The van der Waals surface area contributed by atoms with E-state index in [0.717, 1.165) is 31.6 Å². The van der Waals surface area contributed by atoms with Crippen LogP contribution in [0.25, 0.3) is 0 Å². The Balaban J connectivity index is 1.81. The van der Waals surface area contributed by atoms with Crippen LogP contribution in [0, 0.1) is 5.92 Å². The summed E-state index contributed by atoms with van der Waals surface area (Å²) in [6.07, 6.45) is 6.33. The lowest BCUT2D eigenvalue weighted by molar-refractivity contribution is -0.00882. The highest BCUT2D eigenvalue weighted by Crippen LogP contribution is 2.33. The third-order valence-electron chi connectivity index (χ3n) is 4.32. The number of carboxylic acids is 1. The van der Waals surface area contributed by atoms with Crippen LogP contribution in [0.2, 0.25) is 0 Å². The van der Waals surface area contributed by atoms with Crippen molar-refractivity contribution >= 4 is 5.97 Å². The molecule has 1 heterocycles. The lowest BCUT2D eigenvalue weighted by Gasteiger charge is -2.36. The van der Waals surface area contributed by atoms with Crippen LogP contribution < -0.4 is 5.32 Å². The van der Waals surface area contributed by atoms with Gasteiger partial charge in [-0.2, -0.15) is 0 Å². The number of aromatic carboxylic acids is 1. The van der Waals surface area contributed by atoms with Crippen LogP contribution in [-0.4, -0.2) is 28.3 Å². The molecule has 1 fully saturated rings. The Morgan fingerprint density at radius 2 is 2.20 bits per heavy atom. The first kappa shape index (κ1) is 15.1. The molecule has 5 heteroatoms. The Morgan fingerprint density at radius 1 is 1.50 bits per heavy atom. The maximum absolute atomic E-state index is 10.9. The van der Waals surface area contributed by atoms with E-state index in [1.165, 1.54) is 12.7 Å². The van der Waals surface area contributed by atoms with E-state index in [-0.39, 0.29) is 5.76 Å². The zero-order valence-electron chi connectivity index (χ0n) is 11.9. The molecule has 0 aliphatic heterocycles. The monoisotopic (exact) mass is 281 g/mol. The summed E-state index contributed by atoms with van der Waals surface area (Å²) in [5, 5.41) is 22.6. The summed E-state index contributed by atoms with van der Waals surface area (Å²) in [6.45, 7) is 3.09. The summed E-state index contributed by atoms with van der Waals surface area (Å²) >= 11 is 0. The standard InChI is InChI=1S/C15H23NO4/c1-2-11-3-6-15(19,7-4-11)10-16-9-12-5-8-20-13(12)14(17)18/h5,8,11,16,19H,2-4,6-7,9-10H2,1H3,(H,17,18). The first-order chi connectivity index (χ1) is 9.54. The van der Waals surface area contributed by atoms with Crippen LogP contribution >= 0.6 is 0 Å². The minimum Gasteiger partial charge on any atom is -0.475 e. The number of hydrogen-bond donors (Lipinski definition) is 3. The summed E-state index contributed by atoms with van der Waals surface area (Å²) in [7, 11) is 0. The molecule has 0 radical (unpaired) electrons. The molecule has 0 amide bonds. The smallest absolute Gasteiger partial charge is 0.372 e. The molecule has 112 valence electrons. The predicted molar refractivity (Wildman–Crippen MR) is 74.6 cm³/mol. The van der Waals surface area contributed by atoms with E-state index in [1.807, 2.05) is 0 Å². The van der Waals surface area contributed by atoms with Crippen LogP contribution in [-0.2, 0) is 6.54 Å². The van der Waals surface area contributed by atoms with Crippen molar-refractivity contribution in [2.24, 2.45) is 5.92 Å². The topological polar surface area (TPSA) is 82.7 Å². The van der Waals surface area contributed by atoms with Crippen molar-refractivity contribution in [2.45, 2.75) is 51.2 Å². The number of hydrogen-bond acceptors (Lipinski definition) is 4. The van der Waals surface area contributed by atoms with Crippen LogP contribution in [0.1, 0.15) is 55.1 Å². The van der Waals surface area contributed by atoms with Gasteiger partial charge in [0.2, 0.25) is 5.76 Å². The molecular formula is C15H23NO4. The molecule has 1 aromatic rings. The summed E-state index contributed by atoms with van der Waals surface area (Å²) < 4.78 is 4.92. The van der Waals surface area contributed by atoms with Gasteiger partial charge in [-0.25, -0.2) is 4.79 Å². The Hall–Kier alpha value is -1.33. The third-order valence-corrected chi connectivity index (χ3v) is 4.32. The van der Waals surface area contributed by atoms with Gasteiger partial charge in [-0.05, 0) is 37.7 Å². The second kappa shape index (κ2) is 6.41. The minimum atomic E-state index is -1.06. The summed E-state index contributed by atoms with van der Waals surface area (Å²) in [6, 6.07) is 1.65. The van der Waals surface area contributed by atoms with E-state index >= 15 is 0 Å². The molecule has 0 spiro atoms. The molecule has 5 nitrogen and oxygen atoms in total. The number of nitrogens with one attached hydrogen (secondary N) is 1. The van der Waals surface area contributed by atoms with Gasteiger partial charge in [-0.3, -0.25) is 0 Å². The van der Waals surface area contributed by atoms with E-state index in [0.29, 0.717) is 18.7 Å². The molecule has 0 saturated heterocycles. The van der Waals surface area contributed by atoms with Crippen LogP contribution in [0.5, 0.6) is 0 Å². The van der Waals surface area contributed by atoms with Gasteiger partial charge >= 0.3 is 5.97 Å². The van der Waals surface area contributed by atoms with Crippen molar-refractivity contribution in [3.8, 4) is 0 Å². The molecule has 0 atom stereocenters. The third kappa shape index (κ3) is 3.61. The summed E-state index contributed by atoms with van der Waals surface area (Å²) in [5.41, 5.74) is -0.0398. The lowest BCUT2D eigenvalue weighted by atomic mass is 9.78. The average Bonchev–Trinajstić information content (AvgIpc) is 2.88. The van der Waals surface area contributed by atoms with Crippen molar-refractivity contribution in [2.75, 3.05) is 6.54 Å². The summed E-state index contributed by atoms with van der Waals surface area (Å²) in [5.74, 6) is -0.351. The van der Waals surface area contributed by atoms with Gasteiger partial charge in [0, 0.05) is 18.7 Å². The molecule has 1 aliphatic carbocycles. The normalized spacial score (nSPS) is 26.6. The van der Waals surface area contributed by atoms with Gasteiger partial charge in [0.1, 0.15) is 0 Å². The first-order valence-electron chi connectivity index (χ1n) is 7.27. The van der Waals surface area contributed by atoms with Gasteiger partial charge in [0.05, 0.1) is 11.9 Å². The van der Waals surface area contributed by atoms with E-state index < -0.39 is 11.6 Å². The molecular weight excluding hydrogens is 258 g/mol. The molecule has 0 aromatic carbocycles. The van der Waals surface area contributed by atoms with Crippen molar-refractivity contribution in [3.63, 3.8) is 0 Å². The molecule has 1 aliphatic rings. The lowest BCUT2D eigenvalue weighted by Crippen LogP contribution is -2.43. The fourth-order valence-electron chi connectivity index (χ4n) is 2.89. The molecule has 1 saturated carbocycles. The maximum Gasteiger partial charge on any atom is 0.372 e. The zero-order chi connectivity index (χ0) is 14.6. The van der Waals surface area contributed by atoms with E-state index in [2.05, 4.69) is 12.2 Å². The fourth-order valence-corrected chi connectivity index (χ4v) is 2.89. The van der Waals surface area contributed by atoms with Gasteiger partial charge in [-0.1, -0.05) is 13.3 Å². The van der Waals surface area contributed by atoms with Crippen molar-refractivity contribution in [1.82, 2.24) is 5.32 Å². The molecule has 0 bridgehead atoms. The van der Waals surface area contributed by atoms with Crippen LogP contribution in [0.3, 0.4) is 0 Å². The van der Waals surface area contributed by atoms with Gasteiger partial charge in [0.15, 0.2) is 0 Å². The summed E-state index contributed by atoms with van der Waals surface area (Å²) in [4.78, 5) is 10.9. The second-order valence-corrected chi connectivity index (χ2v) is 5.76. The first-order valence-corrected chi connectivity index (χ1v) is 7.27. The van der Waals surface area contributed by atoms with Crippen LogP contribution in [0.4, 0.5) is 0 Å². The van der Waals surface area contributed by atoms with Gasteiger partial charge in [0.25, 0.3) is 0 Å². The van der Waals surface area contributed by atoms with Crippen molar-refractivity contribution in [1.29, 1.82) is 0 Å². The quantitative estimate of drug-likeness (QED) is 0.746. The minimum absolute atomic E-state index is 0.0285. The Bertz CT molecular complexity index is 446. The zero-order valence-corrected chi connectivity index (χ0v) is 11.9. The predicted octanol–water partition coefficient (Wildman–Crippen LogP) is 2.40. The second-order valence-electron chi connectivity index (χ2n) is 5.76. The molecule has 1 aromatic heterocycles. The fraction of sp³-hybridized carbons (Fsp3) is 0.667. The SMILES string of the molecule is CCC1CCC(O)(CNCc2ccoc2C(=O)O)CC1. The molecule has 0 unspecified atom stereocenters. The number of carboxylic acid groups (broad SMARTS) is 1. The Kier molecular flexibility index (Phi) is 4.83. The van der Waals surface area contributed by atoms with E-state index in [4.69, 9.17) is 9.52 Å². The number of rotatable bonds is 6. The molecule has 20 heavy (non-hydrogen) atoms. The van der Waals surface area contributed by atoms with Gasteiger partial charge < -0.3 is 19.9 Å². The number of furan rings is 1.